The molecule has 0 saturated heterocycles. The van der Waals surface area contributed by atoms with Crippen LogP contribution < -0.4 is 10.6 Å². The lowest BCUT2D eigenvalue weighted by Crippen LogP contribution is -2.47. The zero-order valence-electron chi connectivity index (χ0n) is 11.7. The lowest BCUT2D eigenvalue weighted by Gasteiger charge is -2.14. The summed E-state index contributed by atoms with van der Waals surface area (Å²) in [6.07, 6.45) is 1.07. The molecular weight excluding hydrogens is 282 g/mol. The molecule has 0 aliphatic heterocycles. The van der Waals surface area contributed by atoms with Crippen LogP contribution in [0.25, 0.3) is 0 Å². The highest BCUT2D eigenvalue weighted by atomic mass is 16.5. The molecule has 10 nitrogen and oxygen atoms in total. The van der Waals surface area contributed by atoms with Crippen LogP contribution in [0, 0.1) is 0 Å². The van der Waals surface area contributed by atoms with E-state index in [1.54, 1.807) is 4.57 Å². The minimum Gasteiger partial charge on any atom is -0.480 e. The van der Waals surface area contributed by atoms with Gasteiger partial charge in [-0.25, -0.2) is 9.59 Å². The van der Waals surface area contributed by atoms with Crippen molar-refractivity contribution in [1.29, 1.82) is 0 Å². The predicted molar refractivity (Wildman–Crippen MR) is 69.1 cm³/mol. The number of rotatable bonds is 7. The minimum absolute atomic E-state index is 0.0875. The Hall–Kier alpha value is -2.65. The number of amides is 2. The van der Waals surface area contributed by atoms with Gasteiger partial charge in [0.25, 0.3) is 0 Å². The summed E-state index contributed by atoms with van der Waals surface area (Å²) < 4.78 is 6.09. The van der Waals surface area contributed by atoms with Crippen LogP contribution in [0.4, 0.5) is 4.79 Å². The Bertz CT molecular complexity index is 515. The number of hydrogen-bond acceptors (Lipinski definition) is 6. The summed E-state index contributed by atoms with van der Waals surface area (Å²) >= 11 is 0. The largest absolute Gasteiger partial charge is 0.480 e. The van der Waals surface area contributed by atoms with Gasteiger partial charge in [0, 0.05) is 6.54 Å². The van der Waals surface area contributed by atoms with Crippen molar-refractivity contribution in [3.63, 3.8) is 0 Å². The van der Waals surface area contributed by atoms with Gasteiger partial charge in [0.15, 0.2) is 5.82 Å². The third-order valence-electron chi connectivity index (χ3n) is 2.65. The van der Waals surface area contributed by atoms with Gasteiger partial charge in [0.05, 0.1) is 20.1 Å². The van der Waals surface area contributed by atoms with Crippen molar-refractivity contribution in [2.24, 2.45) is 0 Å². The van der Waals surface area contributed by atoms with Gasteiger partial charge in [-0.15, -0.1) is 10.2 Å². The van der Waals surface area contributed by atoms with Gasteiger partial charge < -0.3 is 25.0 Å². The van der Waals surface area contributed by atoms with Crippen LogP contribution in [0.15, 0.2) is 6.33 Å². The van der Waals surface area contributed by atoms with Gasteiger partial charge in [0.2, 0.25) is 0 Å². The maximum absolute atomic E-state index is 11.6. The van der Waals surface area contributed by atoms with Gasteiger partial charge in [0.1, 0.15) is 12.4 Å². The first-order valence-electron chi connectivity index (χ1n) is 6.18. The number of aryl methyl sites for hydroxylation is 1. The van der Waals surface area contributed by atoms with Crippen LogP contribution in [-0.4, -0.2) is 51.0 Å². The first kappa shape index (κ1) is 16.4. The molecule has 0 aromatic carbocycles. The summed E-state index contributed by atoms with van der Waals surface area (Å²) in [6.45, 7) is 2.62. The van der Waals surface area contributed by atoms with Crippen molar-refractivity contribution < 1.29 is 24.2 Å². The van der Waals surface area contributed by atoms with Crippen molar-refractivity contribution in [2.75, 3.05) is 7.11 Å². The first-order chi connectivity index (χ1) is 9.97. The molecule has 0 bridgehead atoms. The quantitative estimate of drug-likeness (QED) is 0.556. The number of nitrogens with one attached hydrogen (secondary N) is 2. The number of methoxy groups -OCH3 is 1. The smallest absolute Gasteiger partial charge is 0.326 e. The highest BCUT2D eigenvalue weighted by molar-refractivity contribution is 5.86. The Kier molecular flexibility index (Phi) is 6.11. The molecule has 3 N–H and O–H groups in total. The van der Waals surface area contributed by atoms with Gasteiger partial charge in [-0.05, 0) is 6.92 Å². The number of aromatic nitrogens is 3. The van der Waals surface area contributed by atoms with E-state index in [0.717, 1.165) is 7.11 Å². The van der Waals surface area contributed by atoms with Crippen LogP contribution >= 0.6 is 0 Å². The van der Waals surface area contributed by atoms with Crippen molar-refractivity contribution in [3.05, 3.63) is 12.2 Å². The number of nitrogens with zero attached hydrogens (tertiary/aromatic N) is 3. The summed E-state index contributed by atoms with van der Waals surface area (Å²) in [7, 11) is 1.14. The molecule has 0 aliphatic rings. The van der Waals surface area contributed by atoms with E-state index >= 15 is 0 Å². The fourth-order valence-corrected chi connectivity index (χ4v) is 1.50. The third-order valence-corrected chi connectivity index (χ3v) is 2.65. The second-order valence-electron chi connectivity index (χ2n) is 4.03. The van der Waals surface area contributed by atoms with E-state index in [9.17, 15) is 14.4 Å². The standard InChI is InChI=1S/C11H17N5O5/c1-3-16-6-13-15-8(16)5-12-11(20)14-7(10(18)19)4-9(17)21-2/h6-7H,3-5H2,1-2H3,(H,18,19)(H2,12,14,20)/t7-/m0/s1. The molecule has 2 amide bonds. The number of urea groups is 1. The number of aliphatic carboxylic acids is 1. The van der Waals surface area contributed by atoms with Gasteiger partial charge in [-0.3, -0.25) is 4.79 Å². The monoisotopic (exact) mass is 299 g/mol. The van der Waals surface area contributed by atoms with E-state index in [1.165, 1.54) is 6.33 Å². The lowest BCUT2D eigenvalue weighted by atomic mass is 10.2. The van der Waals surface area contributed by atoms with Crippen LogP contribution in [0.2, 0.25) is 0 Å². The summed E-state index contributed by atoms with van der Waals surface area (Å²) in [5.41, 5.74) is 0. The molecular formula is C11H17N5O5. The molecule has 116 valence electrons. The molecule has 0 radical (unpaired) electrons. The maximum atomic E-state index is 11.6. The molecule has 10 heteroatoms. The van der Waals surface area contributed by atoms with E-state index < -0.39 is 30.4 Å². The van der Waals surface area contributed by atoms with E-state index in [2.05, 4.69) is 25.6 Å². The lowest BCUT2D eigenvalue weighted by molar-refractivity contribution is -0.147. The Balaban J connectivity index is 2.50. The summed E-state index contributed by atoms with van der Waals surface area (Å²) in [5.74, 6) is -1.52. The first-order valence-corrected chi connectivity index (χ1v) is 6.18. The molecule has 0 fully saturated rings. The Morgan fingerprint density at radius 1 is 1.48 bits per heavy atom. The molecule has 0 saturated carbocycles. The topological polar surface area (TPSA) is 135 Å². The van der Waals surface area contributed by atoms with E-state index in [4.69, 9.17) is 5.11 Å². The Labute approximate surface area is 120 Å². The fourth-order valence-electron chi connectivity index (χ4n) is 1.50. The van der Waals surface area contributed by atoms with E-state index in [-0.39, 0.29) is 6.54 Å². The average molecular weight is 299 g/mol. The van der Waals surface area contributed by atoms with Crippen molar-refractivity contribution in [2.45, 2.75) is 32.5 Å². The van der Waals surface area contributed by atoms with Gasteiger partial charge in [-0.1, -0.05) is 0 Å². The molecule has 1 rings (SSSR count). The highest BCUT2D eigenvalue weighted by Gasteiger charge is 2.23. The Morgan fingerprint density at radius 2 is 2.19 bits per heavy atom. The third kappa shape index (κ3) is 5.09. The van der Waals surface area contributed by atoms with Crippen LogP contribution in [0.3, 0.4) is 0 Å². The van der Waals surface area contributed by atoms with Gasteiger partial charge in [-0.2, -0.15) is 0 Å². The SMILES string of the molecule is CCn1cnnc1CNC(=O)N[C@@H](CC(=O)OC)C(=O)O. The second kappa shape index (κ2) is 7.82. The molecule has 1 aromatic heterocycles. The molecule has 1 heterocycles. The van der Waals surface area contributed by atoms with E-state index in [1.807, 2.05) is 6.92 Å². The zero-order chi connectivity index (χ0) is 15.8. The number of carboxylic acid groups (broad SMARTS) is 1. The molecule has 0 aliphatic carbocycles. The van der Waals surface area contributed by atoms with Crippen LogP contribution in [-0.2, 0) is 27.4 Å². The number of ether oxygens (including phenoxy) is 1. The van der Waals surface area contributed by atoms with Crippen LogP contribution in [0.1, 0.15) is 19.2 Å². The summed E-state index contributed by atoms with van der Waals surface area (Å²) in [4.78, 5) is 33.6. The number of carboxylic acids is 1. The van der Waals surface area contributed by atoms with Crippen molar-refractivity contribution in [3.8, 4) is 0 Å². The highest BCUT2D eigenvalue weighted by Crippen LogP contribution is 1.97. The zero-order valence-corrected chi connectivity index (χ0v) is 11.7. The fraction of sp³-hybridized carbons (Fsp3) is 0.545. The second-order valence-corrected chi connectivity index (χ2v) is 4.03. The van der Waals surface area contributed by atoms with Crippen molar-refractivity contribution in [1.82, 2.24) is 25.4 Å². The number of carbonyl (C=O) groups excluding carboxylic acids is 2. The average Bonchev–Trinajstić information content (AvgIpc) is 2.91. The molecule has 1 aromatic rings. The predicted octanol–water partition coefficient (Wildman–Crippen LogP) is -0.886. The number of carbonyl (C=O) groups is 3. The molecule has 0 unspecified atom stereocenters. The molecule has 0 spiro atoms. The van der Waals surface area contributed by atoms with Gasteiger partial charge >= 0.3 is 18.0 Å². The normalized spacial score (nSPS) is 11.5. The minimum atomic E-state index is -1.36. The Morgan fingerprint density at radius 3 is 2.76 bits per heavy atom. The summed E-state index contributed by atoms with van der Waals surface area (Å²) in [5, 5.41) is 21.1. The number of hydrogen-bond donors (Lipinski definition) is 3. The van der Waals surface area contributed by atoms with E-state index in [0.29, 0.717) is 12.4 Å². The summed E-state index contributed by atoms with van der Waals surface area (Å²) in [6, 6.07) is -2.08. The van der Waals surface area contributed by atoms with Crippen molar-refractivity contribution >= 4 is 18.0 Å². The molecule has 1 atom stereocenters. The van der Waals surface area contributed by atoms with Crippen LogP contribution in [0.5, 0.6) is 0 Å². The molecule has 21 heavy (non-hydrogen) atoms. The maximum Gasteiger partial charge on any atom is 0.326 e. The number of esters is 1.